The van der Waals surface area contributed by atoms with Gasteiger partial charge >= 0.3 is 0 Å². The smallest absolute Gasteiger partial charge is 0.245 e. The first-order valence-electron chi connectivity index (χ1n) is 9.32. The second kappa shape index (κ2) is 10.0. The van der Waals surface area contributed by atoms with Crippen LogP contribution in [0.4, 0.5) is 5.69 Å². The third kappa shape index (κ3) is 5.79. The van der Waals surface area contributed by atoms with Crippen LogP contribution in [0.1, 0.15) is 12.2 Å². The Hall–Kier alpha value is -2.90. The molecule has 2 amide bonds. The Bertz CT molecular complexity index is 985. The van der Waals surface area contributed by atoms with Crippen molar-refractivity contribution in [3.63, 3.8) is 0 Å². The number of amides is 2. The predicted octanol–water partition coefficient (Wildman–Crippen LogP) is 3.02. The number of hydrogen-bond acceptors (Lipinski definition) is 4. The number of ether oxygens (including phenoxy) is 1. The van der Waals surface area contributed by atoms with Crippen LogP contribution in [0.15, 0.2) is 48.5 Å². The number of aromatic nitrogens is 2. The number of carbonyl (C=O) groups excluding carboxylic acids is 2. The van der Waals surface area contributed by atoms with Gasteiger partial charge in [-0.25, -0.2) is 4.98 Å². The molecular weight excluding hydrogens is 392 g/mol. The van der Waals surface area contributed by atoms with Crippen molar-refractivity contribution in [2.75, 3.05) is 25.6 Å². The van der Waals surface area contributed by atoms with E-state index in [1.54, 1.807) is 24.3 Å². The monoisotopic (exact) mass is 414 g/mol. The minimum Gasteiger partial charge on any atom is -0.375 e. The number of carbonyl (C=O) groups is 2. The van der Waals surface area contributed by atoms with E-state index in [1.807, 2.05) is 28.8 Å². The summed E-state index contributed by atoms with van der Waals surface area (Å²) in [4.78, 5) is 28.7. The van der Waals surface area contributed by atoms with Crippen molar-refractivity contribution in [2.24, 2.45) is 0 Å². The lowest BCUT2D eigenvalue weighted by atomic mass is 10.3. The number of hydrogen-bond donors (Lipinski definition) is 2. The fourth-order valence-corrected chi connectivity index (χ4v) is 3.15. The van der Waals surface area contributed by atoms with Gasteiger partial charge < -0.3 is 19.9 Å². The normalized spacial score (nSPS) is 10.8. The molecule has 0 aliphatic rings. The van der Waals surface area contributed by atoms with E-state index in [1.165, 1.54) is 7.11 Å². The summed E-state index contributed by atoms with van der Waals surface area (Å²) in [6.07, 6.45) is 1.34. The summed E-state index contributed by atoms with van der Waals surface area (Å²) < 4.78 is 6.71. The number of anilines is 1. The van der Waals surface area contributed by atoms with Gasteiger partial charge in [0.2, 0.25) is 11.8 Å². The number of benzene rings is 2. The van der Waals surface area contributed by atoms with Gasteiger partial charge in [0.25, 0.3) is 0 Å². The van der Waals surface area contributed by atoms with E-state index in [0.717, 1.165) is 16.9 Å². The van der Waals surface area contributed by atoms with Crippen molar-refractivity contribution in [3.05, 3.63) is 59.4 Å². The molecule has 0 saturated carbocycles. The number of para-hydroxylation sites is 2. The molecule has 2 N–H and O–H groups in total. The Labute approximate surface area is 174 Å². The van der Waals surface area contributed by atoms with Crippen molar-refractivity contribution >= 4 is 40.1 Å². The minimum absolute atomic E-state index is 0.0450. The van der Waals surface area contributed by atoms with E-state index < -0.39 is 0 Å². The Morgan fingerprint density at radius 1 is 1.10 bits per heavy atom. The van der Waals surface area contributed by atoms with E-state index in [4.69, 9.17) is 16.3 Å². The molecule has 2 aromatic carbocycles. The number of nitrogens with one attached hydrogen (secondary N) is 2. The van der Waals surface area contributed by atoms with Gasteiger partial charge in [-0.15, -0.1) is 0 Å². The summed E-state index contributed by atoms with van der Waals surface area (Å²) in [7, 11) is 1.48. The molecule has 0 radical (unpaired) electrons. The largest absolute Gasteiger partial charge is 0.375 e. The van der Waals surface area contributed by atoms with Crippen molar-refractivity contribution < 1.29 is 14.3 Å². The zero-order chi connectivity index (χ0) is 20.6. The molecule has 29 heavy (non-hydrogen) atoms. The SMILES string of the molecule is COCC(=O)NCCCc1nc2ccccc2n1CC(=O)Nc1ccc(Cl)cc1. The van der Waals surface area contributed by atoms with Crippen LogP contribution in [0.3, 0.4) is 0 Å². The van der Waals surface area contributed by atoms with E-state index in [0.29, 0.717) is 30.1 Å². The molecule has 3 aromatic rings. The van der Waals surface area contributed by atoms with Gasteiger partial charge in [0.15, 0.2) is 0 Å². The first-order valence-corrected chi connectivity index (χ1v) is 9.70. The average molecular weight is 415 g/mol. The number of rotatable bonds is 9. The van der Waals surface area contributed by atoms with Crippen LogP contribution in [-0.4, -0.2) is 41.6 Å². The van der Waals surface area contributed by atoms with Gasteiger partial charge in [-0.2, -0.15) is 0 Å². The lowest BCUT2D eigenvalue weighted by Crippen LogP contribution is -2.28. The van der Waals surface area contributed by atoms with E-state index in [2.05, 4.69) is 15.6 Å². The highest BCUT2D eigenvalue weighted by Crippen LogP contribution is 2.18. The van der Waals surface area contributed by atoms with E-state index >= 15 is 0 Å². The van der Waals surface area contributed by atoms with Crippen LogP contribution in [-0.2, 0) is 27.3 Å². The molecular formula is C21H23ClN4O3. The van der Waals surface area contributed by atoms with Gasteiger partial charge in [0.05, 0.1) is 11.0 Å². The zero-order valence-corrected chi connectivity index (χ0v) is 16.9. The maximum atomic E-state index is 12.6. The lowest BCUT2D eigenvalue weighted by Gasteiger charge is -2.10. The molecule has 0 aliphatic carbocycles. The summed E-state index contributed by atoms with van der Waals surface area (Å²) in [5.41, 5.74) is 2.42. The van der Waals surface area contributed by atoms with Crippen molar-refractivity contribution in [2.45, 2.75) is 19.4 Å². The van der Waals surface area contributed by atoms with Gasteiger partial charge in [0, 0.05) is 30.8 Å². The molecule has 0 saturated heterocycles. The van der Waals surface area contributed by atoms with Crippen molar-refractivity contribution in [1.82, 2.24) is 14.9 Å². The highest BCUT2D eigenvalue weighted by molar-refractivity contribution is 6.30. The van der Waals surface area contributed by atoms with Crippen molar-refractivity contribution in [3.8, 4) is 0 Å². The molecule has 0 atom stereocenters. The Morgan fingerprint density at radius 2 is 1.86 bits per heavy atom. The number of methoxy groups -OCH3 is 1. The van der Waals surface area contributed by atoms with Crippen molar-refractivity contribution in [1.29, 1.82) is 0 Å². The topological polar surface area (TPSA) is 85.2 Å². The summed E-state index contributed by atoms with van der Waals surface area (Å²) in [6.45, 7) is 0.709. The maximum Gasteiger partial charge on any atom is 0.245 e. The standard InChI is InChI=1S/C21H23ClN4O3/c1-29-14-21(28)23-12-4-7-19-25-17-5-2-3-6-18(17)26(19)13-20(27)24-16-10-8-15(22)9-11-16/h2-3,5-6,8-11H,4,7,12-14H2,1H3,(H,23,28)(H,24,27). The first kappa shape index (κ1) is 20.8. The molecule has 0 fully saturated rings. The second-order valence-electron chi connectivity index (χ2n) is 6.54. The molecule has 0 unspecified atom stereocenters. The molecule has 3 rings (SSSR count). The molecule has 0 aliphatic heterocycles. The number of aryl methyl sites for hydroxylation is 1. The van der Waals surface area contributed by atoms with Crippen LogP contribution in [0.25, 0.3) is 11.0 Å². The summed E-state index contributed by atoms with van der Waals surface area (Å²) in [5, 5.41) is 6.29. The highest BCUT2D eigenvalue weighted by atomic mass is 35.5. The fraction of sp³-hybridized carbons (Fsp3) is 0.286. The van der Waals surface area contributed by atoms with E-state index in [-0.39, 0.29) is 25.0 Å². The second-order valence-corrected chi connectivity index (χ2v) is 6.98. The number of halogens is 1. The van der Waals surface area contributed by atoms with Crippen LogP contribution >= 0.6 is 11.6 Å². The number of fused-ring (bicyclic) bond motifs is 1. The van der Waals surface area contributed by atoms with Gasteiger partial charge in [-0.05, 0) is 42.8 Å². The number of imidazole rings is 1. The molecule has 152 valence electrons. The molecule has 1 heterocycles. The van der Waals surface area contributed by atoms with Crippen LogP contribution in [0, 0.1) is 0 Å². The molecule has 0 bridgehead atoms. The molecule has 0 spiro atoms. The van der Waals surface area contributed by atoms with Crippen LogP contribution in [0.2, 0.25) is 5.02 Å². The highest BCUT2D eigenvalue weighted by Gasteiger charge is 2.14. The zero-order valence-electron chi connectivity index (χ0n) is 16.2. The lowest BCUT2D eigenvalue weighted by molar-refractivity contribution is -0.124. The first-order chi connectivity index (χ1) is 14.1. The predicted molar refractivity (Wildman–Crippen MR) is 113 cm³/mol. The quantitative estimate of drug-likeness (QED) is 0.527. The molecule has 7 nitrogen and oxygen atoms in total. The Kier molecular flexibility index (Phi) is 7.21. The average Bonchev–Trinajstić information content (AvgIpc) is 3.05. The van der Waals surface area contributed by atoms with Gasteiger partial charge in [-0.3, -0.25) is 9.59 Å². The minimum atomic E-state index is -0.150. The van der Waals surface area contributed by atoms with Gasteiger partial charge in [0.1, 0.15) is 19.0 Å². The summed E-state index contributed by atoms with van der Waals surface area (Å²) in [6, 6.07) is 14.7. The fourth-order valence-electron chi connectivity index (χ4n) is 3.03. The van der Waals surface area contributed by atoms with Crippen LogP contribution in [0.5, 0.6) is 0 Å². The third-order valence-corrected chi connectivity index (χ3v) is 4.59. The summed E-state index contributed by atoms with van der Waals surface area (Å²) >= 11 is 5.89. The molecule has 1 aromatic heterocycles. The van der Waals surface area contributed by atoms with E-state index in [9.17, 15) is 9.59 Å². The number of nitrogens with zero attached hydrogens (tertiary/aromatic N) is 2. The third-order valence-electron chi connectivity index (χ3n) is 4.34. The maximum absolute atomic E-state index is 12.6. The Balaban J connectivity index is 1.68. The van der Waals surface area contributed by atoms with Gasteiger partial charge in [-0.1, -0.05) is 23.7 Å². The molecule has 8 heteroatoms. The van der Waals surface area contributed by atoms with Crippen LogP contribution < -0.4 is 10.6 Å². The summed E-state index contributed by atoms with van der Waals surface area (Å²) in [5.74, 6) is 0.506. The Morgan fingerprint density at radius 3 is 2.62 bits per heavy atom.